The number of ether oxygens (including phenoxy) is 1. The van der Waals surface area contributed by atoms with Crippen molar-refractivity contribution in [2.75, 3.05) is 32.2 Å². The summed E-state index contributed by atoms with van der Waals surface area (Å²) in [4.78, 5) is 2.23. The molecule has 0 bridgehead atoms. The number of hydrogen-bond acceptors (Lipinski definition) is 3. The van der Waals surface area contributed by atoms with E-state index in [0.717, 1.165) is 36.8 Å². The number of halogens is 1. The van der Waals surface area contributed by atoms with Crippen LogP contribution >= 0.6 is 11.6 Å². The third-order valence-corrected chi connectivity index (χ3v) is 3.76. The highest BCUT2D eigenvalue weighted by Gasteiger charge is 2.21. The van der Waals surface area contributed by atoms with E-state index in [0.29, 0.717) is 6.04 Å². The molecule has 0 atom stereocenters. The van der Waals surface area contributed by atoms with Crippen molar-refractivity contribution in [3.05, 3.63) is 28.8 Å². The Balaban J connectivity index is 2.02. The standard InChI is InChI=1S/C15H23ClN2O/c1-18(9-4-10-19-2)15-12(5-3-6-14(15)16)11-17-13-7-8-13/h3,5-6,13,17H,4,7-11H2,1-2H3. The summed E-state index contributed by atoms with van der Waals surface area (Å²) in [6, 6.07) is 6.86. The van der Waals surface area contributed by atoms with Crippen molar-refractivity contribution in [3.63, 3.8) is 0 Å². The van der Waals surface area contributed by atoms with E-state index >= 15 is 0 Å². The predicted octanol–water partition coefficient (Wildman–Crippen LogP) is 3.06. The predicted molar refractivity (Wildman–Crippen MR) is 81.1 cm³/mol. The first kappa shape index (κ1) is 14.6. The Kier molecular flexibility index (Phi) is 5.49. The van der Waals surface area contributed by atoms with Crippen LogP contribution in [0.25, 0.3) is 0 Å². The van der Waals surface area contributed by atoms with Gasteiger partial charge < -0.3 is 15.0 Å². The smallest absolute Gasteiger partial charge is 0.0642 e. The minimum Gasteiger partial charge on any atom is -0.385 e. The highest BCUT2D eigenvalue weighted by molar-refractivity contribution is 6.33. The van der Waals surface area contributed by atoms with Gasteiger partial charge in [0, 0.05) is 39.9 Å². The number of nitrogens with one attached hydrogen (secondary N) is 1. The first-order valence-electron chi connectivity index (χ1n) is 6.93. The van der Waals surface area contributed by atoms with Gasteiger partial charge in [-0.3, -0.25) is 0 Å². The summed E-state index contributed by atoms with van der Waals surface area (Å²) in [6.45, 7) is 2.63. The molecule has 1 aromatic carbocycles. The van der Waals surface area contributed by atoms with Crippen molar-refractivity contribution in [3.8, 4) is 0 Å². The first-order valence-corrected chi connectivity index (χ1v) is 7.31. The first-order chi connectivity index (χ1) is 9.22. The molecule has 0 aromatic heterocycles. The van der Waals surface area contributed by atoms with Gasteiger partial charge in [0.1, 0.15) is 0 Å². The molecule has 4 heteroatoms. The Bertz CT molecular complexity index is 407. The van der Waals surface area contributed by atoms with E-state index in [1.165, 1.54) is 18.4 Å². The van der Waals surface area contributed by atoms with Gasteiger partial charge in [-0.25, -0.2) is 0 Å². The molecule has 0 amide bonds. The van der Waals surface area contributed by atoms with Crippen molar-refractivity contribution >= 4 is 17.3 Å². The highest BCUT2D eigenvalue weighted by Crippen LogP contribution is 2.30. The lowest BCUT2D eigenvalue weighted by Crippen LogP contribution is -2.24. The zero-order valence-electron chi connectivity index (χ0n) is 11.8. The summed E-state index contributed by atoms with van der Waals surface area (Å²) in [5.41, 5.74) is 2.42. The maximum Gasteiger partial charge on any atom is 0.0642 e. The zero-order chi connectivity index (χ0) is 13.7. The SMILES string of the molecule is COCCCN(C)c1c(Cl)cccc1CNC1CC1. The van der Waals surface area contributed by atoms with E-state index in [4.69, 9.17) is 16.3 Å². The van der Waals surface area contributed by atoms with Crippen molar-refractivity contribution < 1.29 is 4.74 Å². The van der Waals surface area contributed by atoms with Gasteiger partial charge >= 0.3 is 0 Å². The van der Waals surface area contributed by atoms with E-state index in [-0.39, 0.29) is 0 Å². The van der Waals surface area contributed by atoms with E-state index in [9.17, 15) is 0 Å². The third kappa shape index (κ3) is 4.37. The van der Waals surface area contributed by atoms with E-state index in [1.54, 1.807) is 7.11 Å². The van der Waals surface area contributed by atoms with Crippen LogP contribution in [0.2, 0.25) is 5.02 Å². The number of nitrogens with zero attached hydrogens (tertiary/aromatic N) is 1. The molecule has 1 N–H and O–H groups in total. The fraction of sp³-hybridized carbons (Fsp3) is 0.600. The van der Waals surface area contributed by atoms with Crippen LogP contribution in [0, 0.1) is 0 Å². The van der Waals surface area contributed by atoms with Gasteiger partial charge in [-0.1, -0.05) is 23.7 Å². The minimum absolute atomic E-state index is 0.714. The zero-order valence-corrected chi connectivity index (χ0v) is 12.5. The summed E-state index contributed by atoms with van der Waals surface area (Å²) in [7, 11) is 3.83. The Morgan fingerprint density at radius 3 is 2.89 bits per heavy atom. The van der Waals surface area contributed by atoms with E-state index in [2.05, 4.69) is 23.3 Å². The second-order valence-electron chi connectivity index (χ2n) is 5.17. The van der Waals surface area contributed by atoms with Crippen LogP contribution < -0.4 is 10.2 Å². The molecule has 19 heavy (non-hydrogen) atoms. The quantitative estimate of drug-likeness (QED) is 0.742. The van der Waals surface area contributed by atoms with Crippen molar-refractivity contribution in [2.45, 2.75) is 31.8 Å². The van der Waals surface area contributed by atoms with Crippen LogP contribution in [0.4, 0.5) is 5.69 Å². The Morgan fingerprint density at radius 2 is 2.21 bits per heavy atom. The second kappa shape index (κ2) is 7.13. The molecule has 1 aromatic rings. The number of anilines is 1. The lowest BCUT2D eigenvalue weighted by molar-refractivity contribution is 0.196. The summed E-state index contributed by atoms with van der Waals surface area (Å²) < 4.78 is 5.10. The number of benzene rings is 1. The maximum atomic E-state index is 6.37. The number of para-hydroxylation sites is 1. The van der Waals surface area contributed by atoms with Gasteiger partial charge in [0.05, 0.1) is 10.7 Å². The Hall–Kier alpha value is -0.770. The molecule has 1 aliphatic carbocycles. The van der Waals surface area contributed by atoms with E-state index < -0.39 is 0 Å². The van der Waals surface area contributed by atoms with Crippen LogP contribution in [0.15, 0.2) is 18.2 Å². The van der Waals surface area contributed by atoms with Crippen LogP contribution in [-0.2, 0) is 11.3 Å². The number of methoxy groups -OCH3 is 1. The van der Waals surface area contributed by atoms with E-state index in [1.807, 2.05) is 12.1 Å². The van der Waals surface area contributed by atoms with Gasteiger partial charge in [-0.05, 0) is 30.9 Å². The fourth-order valence-corrected chi connectivity index (χ4v) is 2.57. The minimum atomic E-state index is 0.714. The van der Waals surface area contributed by atoms with Gasteiger partial charge in [-0.15, -0.1) is 0 Å². The molecule has 0 radical (unpaired) electrons. The average Bonchev–Trinajstić information content (AvgIpc) is 3.20. The van der Waals surface area contributed by atoms with Gasteiger partial charge in [0.2, 0.25) is 0 Å². The average molecular weight is 283 g/mol. The molecule has 0 heterocycles. The van der Waals surface area contributed by atoms with Crippen molar-refractivity contribution in [2.24, 2.45) is 0 Å². The summed E-state index contributed by atoms with van der Waals surface area (Å²) in [5, 5.41) is 4.38. The molecule has 0 spiro atoms. The molecule has 1 fully saturated rings. The number of hydrogen-bond donors (Lipinski definition) is 1. The van der Waals surface area contributed by atoms with Gasteiger partial charge in [0.15, 0.2) is 0 Å². The Labute approximate surface area is 120 Å². The fourth-order valence-electron chi connectivity index (χ4n) is 2.23. The topological polar surface area (TPSA) is 24.5 Å². The van der Waals surface area contributed by atoms with Crippen LogP contribution in [0.3, 0.4) is 0 Å². The highest BCUT2D eigenvalue weighted by atomic mass is 35.5. The molecule has 0 saturated heterocycles. The Morgan fingerprint density at radius 1 is 1.42 bits per heavy atom. The van der Waals surface area contributed by atoms with Crippen LogP contribution in [0.5, 0.6) is 0 Å². The maximum absolute atomic E-state index is 6.37. The number of rotatable bonds is 8. The third-order valence-electron chi connectivity index (χ3n) is 3.45. The van der Waals surface area contributed by atoms with Crippen LogP contribution in [-0.4, -0.2) is 33.4 Å². The molecule has 1 saturated carbocycles. The summed E-state index contributed by atoms with van der Waals surface area (Å²) in [5.74, 6) is 0. The molecule has 3 nitrogen and oxygen atoms in total. The van der Waals surface area contributed by atoms with Crippen molar-refractivity contribution in [1.82, 2.24) is 5.32 Å². The largest absolute Gasteiger partial charge is 0.385 e. The molecule has 106 valence electrons. The normalized spacial score (nSPS) is 14.7. The molecular formula is C15H23ClN2O. The second-order valence-corrected chi connectivity index (χ2v) is 5.58. The molecular weight excluding hydrogens is 260 g/mol. The van der Waals surface area contributed by atoms with Gasteiger partial charge in [-0.2, -0.15) is 0 Å². The molecule has 2 rings (SSSR count). The monoisotopic (exact) mass is 282 g/mol. The lowest BCUT2D eigenvalue weighted by Gasteiger charge is -2.24. The summed E-state index contributed by atoms with van der Waals surface area (Å²) in [6.07, 6.45) is 3.62. The molecule has 0 aliphatic heterocycles. The summed E-state index contributed by atoms with van der Waals surface area (Å²) >= 11 is 6.37. The molecule has 0 unspecified atom stereocenters. The molecule has 1 aliphatic rings. The van der Waals surface area contributed by atoms with Crippen molar-refractivity contribution in [1.29, 1.82) is 0 Å². The lowest BCUT2D eigenvalue weighted by atomic mass is 10.1. The van der Waals surface area contributed by atoms with Crippen LogP contribution in [0.1, 0.15) is 24.8 Å². The van der Waals surface area contributed by atoms with Gasteiger partial charge in [0.25, 0.3) is 0 Å².